The molecule has 60 valence electrons. The van der Waals surface area contributed by atoms with Gasteiger partial charge in [-0.25, -0.2) is 4.39 Å². The van der Waals surface area contributed by atoms with E-state index in [4.69, 9.17) is 9.84 Å². The Morgan fingerprint density at radius 1 is 1.45 bits per heavy atom. The van der Waals surface area contributed by atoms with Gasteiger partial charge < -0.3 is 9.84 Å². The average molecular weight is 156 g/mol. The van der Waals surface area contributed by atoms with Crippen LogP contribution >= 0.6 is 0 Å². The first-order valence-electron chi connectivity index (χ1n) is 3.18. The lowest BCUT2D eigenvalue weighted by Crippen LogP contribution is -1.87. The van der Waals surface area contributed by atoms with Crippen molar-refractivity contribution in [2.24, 2.45) is 0 Å². The summed E-state index contributed by atoms with van der Waals surface area (Å²) >= 11 is 0. The van der Waals surface area contributed by atoms with Crippen molar-refractivity contribution in [1.29, 1.82) is 0 Å². The van der Waals surface area contributed by atoms with Crippen LogP contribution in [-0.4, -0.2) is 12.2 Å². The van der Waals surface area contributed by atoms with Crippen molar-refractivity contribution < 1.29 is 14.2 Å². The van der Waals surface area contributed by atoms with Gasteiger partial charge in [0, 0.05) is 6.07 Å². The molecule has 3 heteroatoms. The van der Waals surface area contributed by atoms with Crippen LogP contribution in [0.25, 0.3) is 0 Å². The van der Waals surface area contributed by atoms with Crippen LogP contribution < -0.4 is 4.74 Å². The first kappa shape index (κ1) is 7.85. The third-order valence-corrected chi connectivity index (χ3v) is 1.46. The third kappa shape index (κ3) is 1.42. The summed E-state index contributed by atoms with van der Waals surface area (Å²) in [5.74, 6) is -0.303. The molecule has 0 spiro atoms. The summed E-state index contributed by atoms with van der Waals surface area (Å²) in [5.41, 5.74) is 0.458. The Labute approximate surface area is 64.2 Å². The molecule has 0 bridgehead atoms. The minimum absolute atomic E-state index is 0.171. The molecule has 0 atom stereocenters. The van der Waals surface area contributed by atoms with Gasteiger partial charge in [0.1, 0.15) is 5.82 Å². The zero-order valence-electron chi connectivity index (χ0n) is 6.39. The molecule has 0 saturated heterocycles. The maximum atomic E-state index is 12.7. The Morgan fingerprint density at radius 2 is 2.09 bits per heavy atom. The Morgan fingerprint density at radius 3 is 2.64 bits per heavy atom. The minimum Gasteiger partial charge on any atom is -0.504 e. The third-order valence-electron chi connectivity index (χ3n) is 1.46. The van der Waals surface area contributed by atoms with Gasteiger partial charge in [-0.05, 0) is 18.6 Å². The fourth-order valence-electron chi connectivity index (χ4n) is 0.808. The monoisotopic (exact) mass is 156 g/mol. The van der Waals surface area contributed by atoms with E-state index in [0.717, 1.165) is 6.07 Å². The van der Waals surface area contributed by atoms with Crippen LogP contribution in [0.3, 0.4) is 0 Å². The molecular formula is C8H9FO2. The summed E-state index contributed by atoms with van der Waals surface area (Å²) < 4.78 is 17.4. The second kappa shape index (κ2) is 2.78. The van der Waals surface area contributed by atoms with Crippen LogP contribution in [0, 0.1) is 12.7 Å². The van der Waals surface area contributed by atoms with Crippen LogP contribution in [0.15, 0.2) is 12.1 Å². The van der Waals surface area contributed by atoms with Crippen LogP contribution in [0.5, 0.6) is 11.5 Å². The number of benzene rings is 1. The van der Waals surface area contributed by atoms with Crippen molar-refractivity contribution in [2.45, 2.75) is 6.92 Å². The normalized spacial score (nSPS) is 9.73. The van der Waals surface area contributed by atoms with Crippen molar-refractivity contribution >= 4 is 0 Å². The number of phenols is 1. The van der Waals surface area contributed by atoms with Crippen molar-refractivity contribution in [3.63, 3.8) is 0 Å². The molecule has 0 aliphatic heterocycles. The zero-order chi connectivity index (χ0) is 8.43. The van der Waals surface area contributed by atoms with E-state index in [9.17, 15) is 4.39 Å². The van der Waals surface area contributed by atoms with E-state index in [2.05, 4.69) is 0 Å². The van der Waals surface area contributed by atoms with E-state index in [-0.39, 0.29) is 5.75 Å². The Bertz CT molecular complexity index is 271. The van der Waals surface area contributed by atoms with Crippen molar-refractivity contribution in [1.82, 2.24) is 0 Å². The number of halogens is 1. The van der Waals surface area contributed by atoms with E-state index in [0.29, 0.717) is 11.3 Å². The highest BCUT2D eigenvalue weighted by Gasteiger charge is 2.05. The Kier molecular flexibility index (Phi) is 1.98. The molecule has 2 nitrogen and oxygen atoms in total. The Hall–Kier alpha value is -1.25. The molecule has 0 radical (unpaired) electrons. The number of hydrogen-bond acceptors (Lipinski definition) is 2. The van der Waals surface area contributed by atoms with Crippen molar-refractivity contribution in [3.8, 4) is 11.5 Å². The molecule has 0 unspecified atom stereocenters. The molecule has 0 aliphatic rings. The zero-order valence-corrected chi connectivity index (χ0v) is 6.39. The summed E-state index contributed by atoms with van der Waals surface area (Å²) in [6.45, 7) is 1.61. The first-order chi connectivity index (χ1) is 5.15. The van der Waals surface area contributed by atoms with Gasteiger partial charge in [0.25, 0.3) is 0 Å². The van der Waals surface area contributed by atoms with Gasteiger partial charge in [-0.3, -0.25) is 0 Å². The molecule has 0 saturated carbocycles. The lowest BCUT2D eigenvalue weighted by Gasteiger charge is -2.04. The fraction of sp³-hybridized carbons (Fsp3) is 0.250. The lowest BCUT2D eigenvalue weighted by atomic mass is 10.2. The maximum Gasteiger partial charge on any atom is 0.160 e. The maximum absolute atomic E-state index is 12.7. The summed E-state index contributed by atoms with van der Waals surface area (Å²) in [5, 5.41) is 9.05. The minimum atomic E-state index is -0.428. The second-order valence-electron chi connectivity index (χ2n) is 2.27. The highest BCUT2D eigenvalue weighted by atomic mass is 19.1. The molecule has 1 N–H and O–H groups in total. The number of phenolic OH excluding ortho intramolecular Hbond substituents is 1. The van der Waals surface area contributed by atoms with Gasteiger partial charge in [-0.15, -0.1) is 0 Å². The van der Waals surface area contributed by atoms with Gasteiger partial charge in [0.05, 0.1) is 7.11 Å². The smallest absolute Gasteiger partial charge is 0.160 e. The van der Waals surface area contributed by atoms with Gasteiger partial charge in [-0.2, -0.15) is 0 Å². The number of rotatable bonds is 1. The highest BCUT2D eigenvalue weighted by Crippen LogP contribution is 2.27. The van der Waals surface area contributed by atoms with E-state index in [1.54, 1.807) is 6.92 Å². The highest BCUT2D eigenvalue weighted by molar-refractivity contribution is 5.42. The molecule has 0 fully saturated rings. The van der Waals surface area contributed by atoms with Crippen LogP contribution in [0.2, 0.25) is 0 Å². The number of hydrogen-bond donors (Lipinski definition) is 1. The van der Waals surface area contributed by atoms with E-state index in [1.807, 2.05) is 0 Å². The van der Waals surface area contributed by atoms with E-state index < -0.39 is 5.82 Å². The van der Waals surface area contributed by atoms with Gasteiger partial charge in [0.2, 0.25) is 0 Å². The van der Waals surface area contributed by atoms with E-state index >= 15 is 0 Å². The van der Waals surface area contributed by atoms with Crippen LogP contribution in [0.1, 0.15) is 5.56 Å². The summed E-state index contributed by atoms with van der Waals surface area (Å²) in [6.07, 6.45) is 0. The molecule has 1 aromatic carbocycles. The van der Waals surface area contributed by atoms with Gasteiger partial charge in [-0.1, -0.05) is 0 Å². The summed E-state index contributed by atoms with van der Waals surface area (Å²) in [6, 6.07) is 2.48. The standard InChI is InChI=1S/C8H9FO2/c1-5-3-8(11-2)7(10)4-6(5)9/h3-4,10H,1-2H3. The summed E-state index contributed by atoms with van der Waals surface area (Å²) in [7, 11) is 1.42. The first-order valence-corrected chi connectivity index (χ1v) is 3.18. The number of methoxy groups -OCH3 is 1. The molecule has 11 heavy (non-hydrogen) atoms. The predicted molar refractivity (Wildman–Crippen MR) is 39.4 cm³/mol. The van der Waals surface area contributed by atoms with Crippen molar-refractivity contribution in [2.75, 3.05) is 7.11 Å². The number of ether oxygens (including phenoxy) is 1. The average Bonchev–Trinajstić information content (AvgIpc) is 1.97. The molecule has 0 amide bonds. The van der Waals surface area contributed by atoms with Gasteiger partial charge in [0.15, 0.2) is 11.5 Å². The fourth-order valence-corrected chi connectivity index (χ4v) is 0.808. The van der Waals surface area contributed by atoms with Crippen LogP contribution in [0.4, 0.5) is 4.39 Å². The van der Waals surface area contributed by atoms with Crippen molar-refractivity contribution in [3.05, 3.63) is 23.5 Å². The summed E-state index contributed by atoms with van der Waals surface area (Å²) in [4.78, 5) is 0. The van der Waals surface area contributed by atoms with E-state index in [1.165, 1.54) is 13.2 Å². The predicted octanol–water partition coefficient (Wildman–Crippen LogP) is 1.85. The number of aryl methyl sites for hydroxylation is 1. The SMILES string of the molecule is COc1cc(C)c(F)cc1O. The molecule has 1 rings (SSSR count). The molecule has 0 heterocycles. The lowest BCUT2D eigenvalue weighted by molar-refractivity contribution is 0.370. The molecular weight excluding hydrogens is 147 g/mol. The molecule has 0 aromatic heterocycles. The largest absolute Gasteiger partial charge is 0.504 e. The molecule has 0 aliphatic carbocycles. The quantitative estimate of drug-likeness (QED) is 0.672. The number of aromatic hydroxyl groups is 1. The topological polar surface area (TPSA) is 29.5 Å². The second-order valence-corrected chi connectivity index (χ2v) is 2.27. The Balaban J connectivity index is 3.21. The molecule has 1 aromatic rings. The van der Waals surface area contributed by atoms with Gasteiger partial charge >= 0.3 is 0 Å². The van der Waals surface area contributed by atoms with Crippen LogP contribution in [-0.2, 0) is 0 Å².